The summed E-state index contributed by atoms with van der Waals surface area (Å²) in [6, 6.07) is -0.711. The minimum Gasteiger partial charge on any atom is -0.391 e. The van der Waals surface area contributed by atoms with Crippen molar-refractivity contribution in [2.75, 3.05) is 0 Å². The lowest BCUT2D eigenvalue weighted by Crippen LogP contribution is -2.40. The second kappa shape index (κ2) is 4.46. The smallest absolute Gasteiger partial charge is 0.152 e. The summed E-state index contributed by atoms with van der Waals surface area (Å²) in [6.45, 7) is 5.43. The van der Waals surface area contributed by atoms with Crippen molar-refractivity contribution in [2.45, 2.75) is 39.3 Å². The number of carbonyl (C=O) groups excluding carboxylic acids is 1. The fourth-order valence-corrected chi connectivity index (χ4v) is 0.807. The molecule has 66 valence electrons. The second-order valence-electron chi connectivity index (χ2n) is 3.33. The number of aliphatic hydroxyl groups is 1. The van der Waals surface area contributed by atoms with E-state index in [1.807, 2.05) is 13.8 Å². The van der Waals surface area contributed by atoms with Crippen molar-refractivity contribution in [2.24, 2.45) is 11.7 Å². The minimum absolute atomic E-state index is 0.0602. The van der Waals surface area contributed by atoms with Crippen LogP contribution in [0.2, 0.25) is 0 Å². The summed E-state index contributed by atoms with van der Waals surface area (Å²) in [5.41, 5.74) is 5.41. The SMILES string of the molecule is CC(C)CC(=O)[C@@H](N)[C@@H](C)O. The van der Waals surface area contributed by atoms with Crippen molar-refractivity contribution in [3.63, 3.8) is 0 Å². The molecule has 0 aliphatic rings. The van der Waals surface area contributed by atoms with Crippen molar-refractivity contribution in [1.82, 2.24) is 0 Å². The molecule has 3 heteroatoms. The fraction of sp³-hybridized carbons (Fsp3) is 0.875. The third kappa shape index (κ3) is 4.11. The van der Waals surface area contributed by atoms with Gasteiger partial charge in [-0.1, -0.05) is 13.8 Å². The zero-order valence-corrected chi connectivity index (χ0v) is 7.37. The quantitative estimate of drug-likeness (QED) is 0.620. The van der Waals surface area contributed by atoms with Crippen LogP contribution in [-0.2, 0) is 4.79 Å². The number of nitrogens with two attached hydrogens (primary N) is 1. The van der Waals surface area contributed by atoms with Gasteiger partial charge in [-0.15, -0.1) is 0 Å². The molecule has 0 heterocycles. The van der Waals surface area contributed by atoms with Gasteiger partial charge in [0, 0.05) is 6.42 Å². The Morgan fingerprint density at radius 3 is 2.18 bits per heavy atom. The lowest BCUT2D eigenvalue weighted by Gasteiger charge is -2.14. The zero-order chi connectivity index (χ0) is 9.02. The van der Waals surface area contributed by atoms with E-state index in [9.17, 15) is 4.79 Å². The highest BCUT2D eigenvalue weighted by atomic mass is 16.3. The standard InChI is InChI=1S/C8H17NO2/c1-5(2)4-7(11)8(9)6(3)10/h5-6,8,10H,4,9H2,1-3H3/t6-,8+/m1/s1. The van der Waals surface area contributed by atoms with Gasteiger partial charge in [-0.05, 0) is 12.8 Å². The molecule has 0 amide bonds. The average Bonchev–Trinajstić information content (AvgIpc) is 1.84. The molecule has 0 aromatic carbocycles. The molecular formula is C8H17NO2. The Labute approximate surface area is 67.6 Å². The molecular weight excluding hydrogens is 142 g/mol. The highest BCUT2D eigenvalue weighted by Crippen LogP contribution is 2.03. The number of hydrogen-bond acceptors (Lipinski definition) is 3. The summed E-state index contributed by atoms with van der Waals surface area (Å²) >= 11 is 0. The van der Waals surface area contributed by atoms with Crippen LogP contribution >= 0.6 is 0 Å². The van der Waals surface area contributed by atoms with Crippen LogP contribution in [0.5, 0.6) is 0 Å². The molecule has 0 spiro atoms. The Hall–Kier alpha value is -0.410. The van der Waals surface area contributed by atoms with Gasteiger partial charge < -0.3 is 10.8 Å². The van der Waals surface area contributed by atoms with Crippen LogP contribution in [0.25, 0.3) is 0 Å². The second-order valence-corrected chi connectivity index (χ2v) is 3.33. The first-order valence-electron chi connectivity index (χ1n) is 3.91. The highest BCUT2D eigenvalue weighted by molar-refractivity contribution is 5.84. The van der Waals surface area contributed by atoms with Crippen LogP contribution in [0.4, 0.5) is 0 Å². The Bertz CT molecular complexity index is 132. The van der Waals surface area contributed by atoms with E-state index < -0.39 is 12.1 Å². The first-order valence-corrected chi connectivity index (χ1v) is 3.91. The summed E-state index contributed by atoms with van der Waals surface area (Å²) in [7, 11) is 0. The van der Waals surface area contributed by atoms with Gasteiger partial charge in [0.15, 0.2) is 5.78 Å². The summed E-state index contributed by atoms with van der Waals surface area (Å²) in [6.07, 6.45) is -0.284. The van der Waals surface area contributed by atoms with Gasteiger partial charge in [0.2, 0.25) is 0 Å². The van der Waals surface area contributed by atoms with E-state index >= 15 is 0 Å². The lowest BCUT2D eigenvalue weighted by atomic mass is 10.00. The predicted octanol–water partition coefficient (Wildman–Crippen LogP) is 0.310. The molecule has 0 saturated heterocycles. The number of carbonyl (C=O) groups is 1. The maximum absolute atomic E-state index is 11.1. The molecule has 0 aliphatic carbocycles. The van der Waals surface area contributed by atoms with Gasteiger partial charge in [0.25, 0.3) is 0 Å². The lowest BCUT2D eigenvalue weighted by molar-refractivity contribution is -0.123. The molecule has 0 aromatic heterocycles. The largest absolute Gasteiger partial charge is 0.391 e. The summed E-state index contributed by atoms with van der Waals surface area (Å²) in [5.74, 6) is 0.252. The summed E-state index contributed by atoms with van der Waals surface area (Å²) in [4.78, 5) is 11.1. The molecule has 0 bridgehead atoms. The van der Waals surface area contributed by atoms with Gasteiger partial charge in [0.1, 0.15) is 0 Å². The van der Waals surface area contributed by atoms with Gasteiger partial charge in [-0.3, -0.25) is 4.79 Å². The number of ketones is 1. The number of hydrogen-bond donors (Lipinski definition) is 2. The van der Waals surface area contributed by atoms with E-state index in [0.717, 1.165) is 0 Å². The molecule has 3 nitrogen and oxygen atoms in total. The van der Waals surface area contributed by atoms with Crippen molar-refractivity contribution in [3.05, 3.63) is 0 Å². The predicted molar refractivity (Wildman–Crippen MR) is 44.1 cm³/mol. The Balaban J connectivity index is 3.83. The van der Waals surface area contributed by atoms with E-state index in [1.165, 1.54) is 6.92 Å². The van der Waals surface area contributed by atoms with Crippen LogP contribution in [-0.4, -0.2) is 23.0 Å². The van der Waals surface area contributed by atoms with Crippen LogP contribution in [0, 0.1) is 5.92 Å². The van der Waals surface area contributed by atoms with Crippen molar-refractivity contribution < 1.29 is 9.90 Å². The number of rotatable bonds is 4. The Morgan fingerprint density at radius 1 is 1.45 bits per heavy atom. The first kappa shape index (κ1) is 10.6. The number of Topliss-reactive ketones (excluding diaryl/α,β-unsaturated/α-hetero) is 1. The van der Waals surface area contributed by atoms with E-state index in [0.29, 0.717) is 12.3 Å². The van der Waals surface area contributed by atoms with Crippen molar-refractivity contribution >= 4 is 5.78 Å². The Morgan fingerprint density at radius 2 is 1.91 bits per heavy atom. The maximum atomic E-state index is 11.1. The summed E-state index contributed by atoms with van der Waals surface area (Å²) in [5, 5.41) is 8.96. The van der Waals surface area contributed by atoms with E-state index in [2.05, 4.69) is 0 Å². The van der Waals surface area contributed by atoms with E-state index in [4.69, 9.17) is 10.8 Å². The Kier molecular flexibility index (Phi) is 4.30. The molecule has 0 aliphatic heterocycles. The van der Waals surface area contributed by atoms with Crippen LogP contribution in [0.3, 0.4) is 0 Å². The highest BCUT2D eigenvalue weighted by Gasteiger charge is 2.18. The minimum atomic E-state index is -0.735. The topological polar surface area (TPSA) is 63.3 Å². The maximum Gasteiger partial charge on any atom is 0.152 e. The molecule has 2 atom stereocenters. The van der Waals surface area contributed by atoms with Crippen LogP contribution in [0.15, 0.2) is 0 Å². The van der Waals surface area contributed by atoms with E-state index in [-0.39, 0.29) is 5.78 Å². The number of aliphatic hydroxyl groups excluding tert-OH is 1. The fourth-order valence-electron chi connectivity index (χ4n) is 0.807. The molecule has 3 N–H and O–H groups in total. The van der Waals surface area contributed by atoms with Crippen LogP contribution in [0.1, 0.15) is 27.2 Å². The normalized spacial score (nSPS) is 16.5. The van der Waals surface area contributed by atoms with Crippen LogP contribution < -0.4 is 5.73 Å². The van der Waals surface area contributed by atoms with Gasteiger partial charge in [-0.25, -0.2) is 0 Å². The monoisotopic (exact) mass is 159 g/mol. The van der Waals surface area contributed by atoms with Gasteiger partial charge in [-0.2, -0.15) is 0 Å². The molecule has 0 radical (unpaired) electrons. The molecule has 0 unspecified atom stereocenters. The first-order chi connectivity index (χ1) is 4.95. The molecule has 0 fully saturated rings. The zero-order valence-electron chi connectivity index (χ0n) is 7.37. The third-order valence-electron chi connectivity index (χ3n) is 1.50. The third-order valence-corrected chi connectivity index (χ3v) is 1.50. The van der Waals surface area contributed by atoms with Gasteiger partial charge >= 0.3 is 0 Å². The molecule has 0 rings (SSSR count). The molecule has 0 saturated carbocycles. The average molecular weight is 159 g/mol. The molecule has 0 aromatic rings. The molecule has 11 heavy (non-hydrogen) atoms. The van der Waals surface area contributed by atoms with E-state index in [1.54, 1.807) is 0 Å². The van der Waals surface area contributed by atoms with Crippen molar-refractivity contribution in [1.29, 1.82) is 0 Å². The van der Waals surface area contributed by atoms with Gasteiger partial charge in [0.05, 0.1) is 12.1 Å². The summed E-state index contributed by atoms with van der Waals surface area (Å²) < 4.78 is 0. The van der Waals surface area contributed by atoms with Crippen molar-refractivity contribution in [3.8, 4) is 0 Å².